The molecule has 0 bridgehead atoms. The van der Waals surface area contributed by atoms with Gasteiger partial charge in [-0.25, -0.2) is 0 Å². The first-order valence-corrected chi connectivity index (χ1v) is 11.0. The van der Waals surface area contributed by atoms with Crippen LogP contribution in [0, 0.1) is 13.8 Å². The maximum absolute atomic E-state index is 10.1. The van der Waals surface area contributed by atoms with Crippen LogP contribution in [0.25, 0.3) is 0 Å². The maximum atomic E-state index is 10.1. The molecule has 4 heteroatoms. The minimum Gasteiger partial charge on any atom is -0.508 e. The highest BCUT2D eigenvalue weighted by atomic mass is 16.3. The number of hydrogen-bond acceptors (Lipinski definition) is 4. The van der Waals surface area contributed by atoms with Crippen molar-refractivity contribution in [3.63, 3.8) is 0 Å². The van der Waals surface area contributed by atoms with E-state index in [1.165, 1.54) is 0 Å². The zero-order valence-corrected chi connectivity index (χ0v) is 18.7. The Morgan fingerprint density at radius 1 is 0.485 bits per heavy atom. The van der Waals surface area contributed by atoms with Gasteiger partial charge in [0, 0.05) is 11.8 Å². The van der Waals surface area contributed by atoms with Crippen LogP contribution >= 0.6 is 0 Å². The molecule has 0 aliphatic carbocycles. The van der Waals surface area contributed by atoms with E-state index in [9.17, 15) is 20.4 Å². The van der Waals surface area contributed by atoms with Crippen LogP contribution in [0.15, 0.2) is 84.9 Å². The van der Waals surface area contributed by atoms with Gasteiger partial charge in [-0.3, -0.25) is 0 Å². The molecule has 4 aromatic carbocycles. The molecule has 0 radical (unpaired) electrons. The highest BCUT2D eigenvalue weighted by molar-refractivity contribution is 5.45. The fourth-order valence-electron chi connectivity index (χ4n) is 4.37. The summed E-state index contributed by atoms with van der Waals surface area (Å²) in [5.41, 5.74) is 5.84. The Hall–Kier alpha value is -3.92. The number of aromatic hydroxyl groups is 4. The summed E-state index contributed by atoms with van der Waals surface area (Å²) >= 11 is 0. The standard InChI is InChI=1S/C29H28O4/c1-18-15-22(7-13-28(18)32)27(23-8-14-29(33)19(2)16-23)17-26(20-3-9-24(30)10-4-20)21-5-11-25(31)12-6-21/h3-16,26-27,30-33H,17H2,1-2H3. The van der Waals surface area contributed by atoms with Crippen LogP contribution in [0.1, 0.15) is 51.6 Å². The van der Waals surface area contributed by atoms with E-state index in [1.807, 2.05) is 62.4 Å². The first-order valence-electron chi connectivity index (χ1n) is 11.0. The highest BCUT2D eigenvalue weighted by Crippen LogP contribution is 2.41. The molecule has 0 aromatic heterocycles. The van der Waals surface area contributed by atoms with E-state index in [0.717, 1.165) is 33.4 Å². The average Bonchev–Trinajstić information content (AvgIpc) is 2.80. The van der Waals surface area contributed by atoms with Crippen LogP contribution in [0.4, 0.5) is 0 Å². The largest absolute Gasteiger partial charge is 0.508 e. The zero-order chi connectivity index (χ0) is 23.5. The summed E-state index contributed by atoms with van der Waals surface area (Å²) in [5, 5.41) is 39.8. The van der Waals surface area contributed by atoms with Crippen molar-refractivity contribution >= 4 is 0 Å². The van der Waals surface area contributed by atoms with Crippen LogP contribution in [0.2, 0.25) is 0 Å². The van der Waals surface area contributed by atoms with Crippen molar-refractivity contribution < 1.29 is 20.4 Å². The van der Waals surface area contributed by atoms with Crippen molar-refractivity contribution in [2.45, 2.75) is 32.1 Å². The van der Waals surface area contributed by atoms with E-state index in [2.05, 4.69) is 0 Å². The van der Waals surface area contributed by atoms with Gasteiger partial charge >= 0.3 is 0 Å². The predicted molar refractivity (Wildman–Crippen MR) is 130 cm³/mol. The lowest BCUT2D eigenvalue weighted by Crippen LogP contribution is -2.10. The molecule has 4 rings (SSSR count). The number of aryl methyl sites for hydroxylation is 2. The lowest BCUT2D eigenvalue weighted by molar-refractivity contribution is 0.470. The molecule has 0 unspecified atom stereocenters. The van der Waals surface area contributed by atoms with E-state index in [1.54, 1.807) is 36.4 Å². The summed E-state index contributed by atoms with van der Waals surface area (Å²) in [7, 11) is 0. The minimum absolute atomic E-state index is 0.0144. The molecule has 4 nitrogen and oxygen atoms in total. The number of phenolic OH excluding ortho intramolecular Hbond substituents is 4. The molecule has 0 aliphatic rings. The third-order valence-electron chi connectivity index (χ3n) is 6.31. The Kier molecular flexibility index (Phi) is 6.27. The van der Waals surface area contributed by atoms with Crippen LogP contribution in [-0.4, -0.2) is 20.4 Å². The molecule has 168 valence electrons. The SMILES string of the molecule is Cc1cc(C(CC(c2ccc(O)cc2)c2ccc(O)cc2)c2ccc(O)c(C)c2)ccc1O. The van der Waals surface area contributed by atoms with Gasteiger partial charge in [0.25, 0.3) is 0 Å². The van der Waals surface area contributed by atoms with Crippen molar-refractivity contribution in [3.8, 4) is 23.0 Å². The van der Waals surface area contributed by atoms with Gasteiger partial charge in [0.1, 0.15) is 23.0 Å². The average molecular weight is 441 g/mol. The molecule has 0 spiro atoms. The van der Waals surface area contributed by atoms with Gasteiger partial charge in [-0.1, -0.05) is 48.5 Å². The van der Waals surface area contributed by atoms with Crippen molar-refractivity contribution in [2.75, 3.05) is 0 Å². The molecule has 0 aliphatic heterocycles. The van der Waals surface area contributed by atoms with Gasteiger partial charge in [0.15, 0.2) is 0 Å². The quantitative estimate of drug-likeness (QED) is 0.277. The van der Waals surface area contributed by atoms with Crippen molar-refractivity contribution in [1.29, 1.82) is 0 Å². The first kappa shape index (κ1) is 22.3. The number of benzene rings is 4. The topological polar surface area (TPSA) is 80.9 Å². The summed E-state index contributed by atoms with van der Waals surface area (Å²) in [6.07, 6.45) is 0.712. The third-order valence-corrected chi connectivity index (χ3v) is 6.31. The molecule has 0 saturated carbocycles. The highest BCUT2D eigenvalue weighted by Gasteiger charge is 2.24. The Balaban J connectivity index is 1.84. The molecule has 33 heavy (non-hydrogen) atoms. The molecule has 0 amide bonds. The maximum Gasteiger partial charge on any atom is 0.118 e. The molecule has 0 saturated heterocycles. The van der Waals surface area contributed by atoms with Gasteiger partial charge < -0.3 is 20.4 Å². The van der Waals surface area contributed by atoms with Crippen molar-refractivity contribution in [2.24, 2.45) is 0 Å². The fraction of sp³-hybridized carbons (Fsp3) is 0.172. The summed E-state index contributed by atoms with van der Waals surface area (Å²) in [6.45, 7) is 3.77. The van der Waals surface area contributed by atoms with Gasteiger partial charge in [-0.2, -0.15) is 0 Å². The lowest BCUT2D eigenvalue weighted by atomic mass is 9.77. The van der Waals surface area contributed by atoms with E-state index >= 15 is 0 Å². The normalized spacial score (nSPS) is 11.3. The van der Waals surface area contributed by atoms with Crippen molar-refractivity contribution in [1.82, 2.24) is 0 Å². The Bertz CT molecular complexity index is 1150. The summed E-state index contributed by atoms with van der Waals surface area (Å²) in [4.78, 5) is 0. The Morgan fingerprint density at radius 2 is 0.818 bits per heavy atom. The molecule has 0 heterocycles. The van der Waals surface area contributed by atoms with Gasteiger partial charge in [0.05, 0.1) is 0 Å². The zero-order valence-electron chi connectivity index (χ0n) is 18.7. The third kappa shape index (κ3) is 4.96. The molecular weight excluding hydrogens is 412 g/mol. The van der Waals surface area contributed by atoms with Crippen LogP contribution in [0.5, 0.6) is 23.0 Å². The molecule has 4 N–H and O–H groups in total. The van der Waals surface area contributed by atoms with Crippen LogP contribution in [0.3, 0.4) is 0 Å². The molecule has 0 atom stereocenters. The second-order valence-corrected chi connectivity index (χ2v) is 8.62. The smallest absolute Gasteiger partial charge is 0.118 e. The van der Waals surface area contributed by atoms with Gasteiger partial charge in [-0.05, 0) is 90.0 Å². The number of rotatable bonds is 6. The molecular formula is C29H28O4. The predicted octanol–water partition coefficient (Wildman–Crippen LogP) is 6.48. The van der Waals surface area contributed by atoms with Gasteiger partial charge in [-0.15, -0.1) is 0 Å². The second kappa shape index (κ2) is 9.29. The van der Waals surface area contributed by atoms with Gasteiger partial charge in [0.2, 0.25) is 0 Å². The van der Waals surface area contributed by atoms with E-state index in [0.29, 0.717) is 6.42 Å². The van der Waals surface area contributed by atoms with E-state index < -0.39 is 0 Å². The monoisotopic (exact) mass is 440 g/mol. The number of phenols is 4. The second-order valence-electron chi connectivity index (χ2n) is 8.62. The molecule has 0 fully saturated rings. The van der Waals surface area contributed by atoms with Crippen molar-refractivity contribution in [3.05, 3.63) is 118 Å². The molecule has 4 aromatic rings. The minimum atomic E-state index is -0.0174. The number of hydrogen-bond donors (Lipinski definition) is 4. The Morgan fingerprint density at radius 3 is 1.18 bits per heavy atom. The summed E-state index contributed by atoms with van der Waals surface area (Å²) in [6, 6.07) is 25.8. The van der Waals surface area contributed by atoms with E-state index in [4.69, 9.17) is 0 Å². The van der Waals surface area contributed by atoms with Crippen LogP contribution in [-0.2, 0) is 0 Å². The van der Waals surface area contributed by atoms with Crippen LogP contribution < -0.4 is 0 Å². The lowest BCUT2D eigenvalue weighted by Gasteiger charge is -2.26. The summed E-state index contributed by atoms with van der Waals surface area (Å²) in [5.74, 6) is 0.905. The summed E-state index contributed by atoms with van der Waals surface area (Å²) < 4.78 is 0. The van der Waals surface area contributed by atoms with E-state index in [-0.39, 0.29) is 34.8 Å². The first-order chi connectivity index (χ1) is 15.8. The fourth-order valence-corrected chi connectivity index (χ4v) is 4.37. The Labute approximate surface area is 194 Å².